The Morgan fingerprint density at radius 1 is 1.21 bits per heavy atom. The average Bonchev–Trinajstić information content (AvgIpc) is 3.12. The van der Waals surface area contributed by atoms with E-state index in [0.29, 0.717) is 36.4 Å². The van der Waals surface area contributed by atoms with Crippen molar-refractivity contribution in [3.05, 3.63) is 75.8 Å². The average molecular weight is 389 g/mol. The molecule has 1 atom stereocenters. The van der Waals surface area contributed by atoms with Crippen LogP contribution in [0, 0.1) is 0 Å². The topological polar surface area (TPSA) is 88.4 Å². The van der Waals surface area contributed by atoms with E-state index in [0.717, 1.165) is 16.5 Å². The summed E-state index contributed by atoms with van der Waals surface area (Å²) in [7, 11) is 1.39. The van der Waals surface area contributed by atoms with Crippen molar-refractivity contribution in [2.24, 2.45) is 0 Å². The first-order chi connectivity index (χ1) is 14.1. The number of nitrogens with zero attached hydrogens (tertiary/aromatic N) is 2. The van der Waals surface area contributed by atoms with Crippen molar-refractivity contribution in [1.82, 2.24) is 14.9 Å². The number of carbonyl (C=O) groups is 1. The molecule has 146 valence electrons. The van der Waals surface area contributed by atoms with Crippen molar-refractivity contribution >= 4 is 28.0 Å². The Morgan fingerprint density at radius 3 is 2.79 bits per heavy atom. The lowest BCUT2D eigenvalue weighted by Crippen LogP contribution is -2.46. The summed E-state index contributed by atoms with van der Waals surface area (Å²) >= 11 is 0. The number of benzene rings is 2. The van der Waals surface area contributed by atoms with Crippen molar-refractivity contribution in [2.75, 3.05) is 7.11 Å². The second kappa shape index (κ2) is 6.86. The van der Waals surface area contributed by atoms with Crippen LogP contribution < -0.4 is 5.56 Å². The molecule has 4 aromatic rings. The Kier molecular flexibility index (Phi) is 4.17. The van der Waals surface area contributed by atoms with E-state index < -0.39 is 6.04 Å². The SMILES string of the molecule is COC(=O)[C@@H]1Cc2ccccc2CN1Cc1nc2c(oc3ccccc32)c(=O)[nH]1. The third kappa shape index (κ3) is 3.00. The summed E-state index contributed by atoms with van der Waals surface area (Å²) in [4.78, 5) is 34.4. The van der Waals surface area contributed by atoms with Crippen LogP contribution in [0.3, 0.4) is 0 Å². The van der Waals surface area contributed by atoms with E-state index in [1.807, 2.05) is 47.4 Å². The zero-order valence-corrected chi connectivity index (χ0v) is 15.8. The monoisotopic (exact) mass is 389 g/mol. The Hall–Kier alpha value is -3.45. The van der Waals surface area contributed by atoms with Crippen molar-refractivity contribution in [3.8, 4) is 0 Å². The van der Waals surface area contributed by atoms with Gasteiger partial charge in [0.2, 0.25) is 5.58 Å². The molecule has 2 aromatic carbocycles. The van der Waals surface area contributed by atoms with Crippen LogP contribution in [-0.2, 0) is 29.0 Å². The molecule has 0 saturated heterocycles. The van der Waals surface area contributed by atoms with Crippen molar-refractivity contribution in [2.45, 2.75) is 25.6 Å². The lowest BCUT2D eigenvalue weighted by Gasteiger charge is -2.34. The number of esters is 1. The first kappa shape index (κ1) is 17.6. The minimum absolute atomic E-state index is 0.212. The van der Waals surface area contributed by atoms with Crippen molar-refractivity contribution < 1.29 is 13.9 Å². The van der Waals surface area contributed by atoms with Crippen LogP contribution in [0.25, 0.3) is 22.1 Å². The molecule has 0 aliphatic carbocycles. The second-order valence-corrected chi connectivity index (χ2v) is 7.21. The number of aromatic amines is 1. The van der Waals surface area contributed by atoms with Gasteiger partial charge in [0, 0.05) is 11.9 Å². The molecule has 0 radical (unpaired) electrons. The van der Waals surface area contributed by atoms with Gasteiger partial charge in [0.05, 0.1) is 13.7 Å². The van der Waals surface area contributed by atoms with Crippen molar-refractivity contribution in [3.63, 3.8) is 0 Å². The van der Waals surface area contributed by atoms with E-state index >= 15 is 0 Å². The maximum atomic E-state index is 12.6. The van der Waals surface area contributed by atoms with Gasteiger partial charge in [-0.3, -0.25) is 14.5 Å². The van der Waals surface area contributed by atoms with Crippen LogP contribution in [0.5, 0.6) is 0 Å². The van der Waals surface area contributed by atoms with Gasteiger partial charge in [-0.2, -0.15) is 0 Å². The maximum Gasteiger partial charge on any atom is 0.323 e. The highest BCUT2D eigenvalue weighted by Gasteiger charge is 2.32. The molecule has 0 amide bonds. The molecule has 1 aliphatic rings. The smallest absolute Gasteiger partial charge is 0.323 e. The zero-order chi connectivity index (χ0) is 20.0. The number of furan rings is 1. The summed E-state index contributed by atoms with van der Waals surface area (Å²) in [6.07, 6.45) is 0.559. The van der Waals surface area contributed by atoms with E-state index in [1.54, 1.807) is 0 Å². The highest BCUT2D eigenvalue weighted by Crippen LogP contribution is 2.27. The van der Waals surface area contributed by atoms with Crippen LogP contribution in [0.4, 0.5) is 0 Å². The Balaban J connectivity index is 1.55. The largest absolute Gasteiger partial charge is 0.468 e. The van der Waals surface area contributed by atoms with Crippen LogP contribution in [0.15, 0.2) is 57.7 Å². The van der Waals surface area contributed by atoms with Gasteiger partial charge in [-0.25, -0.2) is 4.98 Å². The normalized spacial score (nSPS) is 16.8. The number of para-hydroxylation sites is 1. The lowest BCUT2D eigenvalue weighted by atomic mass is 9.94. The van der Waals surface area contributed by atoms with Gasteiger partial charge in [0.1, 0.15) is 23.0 Å². The number of ether oxygens (including phenoxy) is 1. The fraction of sp³-hybridized carbons (Fsp3) is 0.227. The van der Waals surface area contributed by atoms with Gasteiger partial charge >= 0.3 is 5.97 Å². The molecular formula is C22H19N3O4. The fourth-order valence-corrected chi connectivity index (χ4v) is 4.03. The predicted octanol–water partition coefficient (Wildman–Crippen LogP) is 2.77. The van der Waals surface area contributed by atoms with E-state index in [1.165, 1.54) is 7.11 Å². The van der Waals surface area contributed by atoms with Gasteiger partial charge in [-0.05, 0) is 29.7 Å². The second-order valence-electron chi connectivity index (χ2n) is 7.21. The lowest BCUT2D eigenvalue weighted by molar-refractivity contribution is -0.148. The summed E-state index contributed by atoms with van der Waals surface area (Å²) in [6, 6.07) is 15.0. The number of methoxy groups -OCH3 is 1. The molecule has 7 nitrogen and oxygen atoms in total. The summed E-state index contributed by atoms with van der Waals surface area (Å²) in [5, 5.41) is 0.795. The number of nitrogens with one attached hydrogen (secondary N) is 1. The maximum absolute atomic E-state index is 12.6. The summed E-state index contributed by atoms with van der Waals surface area (Å²) in [5.41, 5.74) is 3.33. The molecule has 5 rings (SSSR count). The first-order valence-corrected chi connectivity index (χ1v) is 9.43. The molecule has 7 heteroatoms. The third-order valence-electron chi connectivity index (χ3n) is 5.45. The molecule has 0 unspecified atom stereocenters. The molecule has 0 bridgehead atoms. The highest BCUT2D eigenvalue weighted by atomic mass is 16.5. The van der Waals surface area contributed by atoms with Gasteiger partial charge in [-0.15, -0.1) is 0 Å². The quantitative estimate of drug-likeness (QED) is 0.542. The van der Waals surface area contributed by atoms with E-state index in [9.17, 15) is 9.59 Å². The summed E-state index contributed by atoms with van der Waals surface area (Å²) in [6.45, 7) is 0.891. The number of rotatable bonds is 3. The van der Waals surface area contributed by atoms with Gasteiger partial charge < -0.3 is 14.1 Å². The van der Waals surface area contributed by atoms with Gasteiger partial charge in [-0.1, -0.05) is 36.4 Å². The number of H-pyrrole nitrogens is 1. The number of carbonyl (C=O) groups excluding carboxylic acids is 1. The molecule has 2 aromatic heterocycles. The Morgan fingerprint density at radius 2 is 1.97 bits per heavy atom. The van der Waals surface area contributed by atoms with E-state index in [2.05, 4.69) is 16.0 Å². The molecule has 0 saturated carbocycles. The Labute approximate surface area is 165 Å². The van der Waals surface area contributed by atoms with Gasteiger partial charge in [0.25, 0.3) is 5.56 Å². The van der Waals surface area contributed by atoms with Crippen LogP contribution >= 0.6 is 0 Å². The Bertz CT molecular complexity index is 1290. The highest BCUT2D eigenvalue weighted by molar-refractivity contribution is 6.01. The van der Waals surface area contributed by atoms with Crippen LogP contribution in [0.1, 0.15) is 17.0 Å². The third-order valence-corrected chi connectivity index (χ3v) is 5.45. The fourth-order valence-electron chi connectivity index (χ4n) is 4.03. The molecule has 0 spiro atoms. The summed E-state index contributed by atoms with van der Waals surface area (Å²) < 4.78 is 10.7. The number of hydrogen-bond acceptors (Lipinski definition) is 6. The number of hydrogen-bond donors (Lipinski definition) is 1. The standard InChI is InChI=1S/C22H19N3O4/c1-28-22(27)16-10-13-6-2-3-7-14(13)11-25(16)12-18-23-19-15-8-4-5-9-17(15)29-20(19)21(26)24-18/h2-9,16H,10-12H2,1H3,(H,23,24,26)/t16-/m0/s1. The predicted molar refractivity (Wildman–Crippen MR) is 107 cm³/mol. The number of fused-ring (bicyclic) bond motifs is 4. The van der Waals surface area contributed by atoms with E-state index in [-0.39, 0.29) is 17.1 Å². The minimum atomic E-state index is -0.433. The molecular weight excluding hydrogens is 370 g/mol. The molecule has 1 aliphatic heterocycles. The van der Waals surface area contributed by atoms with Crippen LogP contribution in [-0.4, -0.2) is 34.0 Å². The van der Waals surface area contributed by atoms with E-state index in [4.69, 9.17) is 9.15 Å². The summed E-state index contributed by atoms with van der Waals surface area (Å²) in [5.74, 6) is 0.194. The molecule has 0 fully saturated rings. The molecule has 1 N–H and O–H groups in total. The van der Waals surface area contributed by atoms with Crippen LogP contribution in [0.2, 0.25) is 0 Å². The number of aromatic nitrogens is 2. The minimum Gasteiger partial charge on any atom is -0.468 e. The molecule has 3 heterocycles. The zero-order valence-electron chi connectivity index (χ0n) is 15.8. The molecule has 29 heavy (non-hydrogen) atoms. The van der Waals surface area contributed by atoms with Gasteiger partial charge in [0.15, 0.2) is 0 Å². The first-order valence-electron chi connectivity index (χ1n) is 9.43. The van der Waals surface area contributed by atoms with Crippen molar-refractivity contribution in [1.29, 1.82) is 0 Å².